The Kier molecular flexibility index (Phi) is 3.70. The lowest BCUT2D eigenvalue weighted by Gasteiger charge is -2.23. The van der Waals surface area contributed by atoms with Gasteiger partial charge in [0.25, 0.3) is 0 Å². The van der Waals surface area contributed by atoms with Gasteiger partial charge < -0.3 is 9.47 Å². The molecule has 0 aliphatic carbocycles. The molecule has 0 N–H and O–H groups in total. The number of hydrogen-bond donors (Lipinski definition) is 0. The van der Waals surface area contributed by atoms with E-state index < -0.39 is 0 Å². The Balaban J connectivity index is 2.60. The van der Waals surface area contributed by atoms with E-state index in [1.165, 1.54) is 16.3 Å². The molecule has 0 aromatic heterocycles. The second-order valence-corrected chi connectivity index (χ2v) is 5.51. The number of fused-ring (bicyclic) bond motifs is 1. The van der Waals surface area contributed by atoms with E-state index in [4.69, 9.17) is 9.47 Å². The van der Waals surface area contributed by atoms with E-state index in [2.05, 4.69) is 39.0 Å². The SMILES string of the molecule is CCC(C)(C)c1ccc2cc(OC)c(OC)cc2c1. The van der Waals surface area contributed by atoms with Crippen LogP contribution in [0.5, 0.6) is 11.5 Å². The summed E-state index contributed by atoms with van der Waals surface area (Å²) in [5.74, 6) is 1.55. The van der Waals surface area contributed by atoms with Gasteiger partial charge in [0, 0.05) is 0 Å². The molecule has 2 aromatic rings. The van der Waals surface area contributed by atoms with Gasteiger partial charge in [-0.15, -0.1) is 0 Å². The lowest BCUT2D eigenvalue weighted by molar-refractivity contribution is 0.356. The quantitative estimate of drug-likeness (QED) is 0.801. The first-order valence-electron chi connectivity index (χ1n) is 6.68. The van der Waals surface area contributed by atoms with Gasteiger partial charge in [-0.25, -0.2) is 0 Å². The van der Waals surface area contributed by atoms with E-state index in [0.29, 0.717) is 0 Å². The highest BCUT2D eigenvalue weighted by molar-refractivity contribution is 5.87. The van der Waals surface area contributed by atoms with Crippen molar-refractivity contribution in [3.63, 3.8) is 0 Å². The Hall–Kier alpha value is -1.70. The van der Waals surface area contributed by atoms with Gasteiger partial charge in [0.15, 0.2) is 11.5 Å². The van der Waals surface area contributed by atoms with E-state index in [-0.39, 0.29) is 5.41 Å². The maximum absolute atomic E-state index is 5.37. The highest BCUT2D eigenvalue weighted by Gasteiger charge is 2.18. The molecule has 0 bridgehead atoms. The summed E-state index contributed by atoms with van der Waals surface area (Å²) in [6.07, 6.45) is 1.12. The predicted molar refractivity (Wildman–Crippen MR) is 80.4 cm³/mol. The van der Waals surface area contributed by atoms with Crippen LogP contribution in [0.1, 0.15) is 32.8 Å². The Morgan fingerprint density at radius 3 is 2.00 bits per heavy atom. The van der Waals surface area contributed by atoms with Crippen molar-refractivity contribution in [1.29, 1.82) is 0 Å². The molecule has 0 fully saturated rings. The normalized spacial score (nSPS) is 11.6. The van der Waals surface area contributed by atoms with Crippen LogP contribution in [-0.2, 0) is 5.41 Å². The minimum atomic E-state index is 0.196. The first-order chi connectivity index (χ1) is 9.01. The van der Waals surface area contributed by atoms with Crippen molar-refractivity contribution in [2.75, 3.05) is 14.2 Å². The molecule has 0 saturated heterocycles. The predicted octanol–water partition coefficient (Wildman–Crippen LogP) is 4.54. The molecule has 2 rings (SSSR count). The van der Waals surface area contributed by atoms with Gasteiger partial charge in [0.2, 0.25) is 0 Å². The van der Waals surface area contributed by atoms with Crippen LogP contribution in [-0.4, -0.2) is 14.2 Å². The Bertz CT molecular complexity index is 585. The highest BCUT2D eigenvalue weighted by Crippen LogP contribution is 2.35. The lowest BCUT2D eigenvalue weighted by Crippen LogP contribution is -2.15. The molecule has 102 valence electrons. The number of hydrogen-bond acceptors (Lipinski definition) is 2. The summed E-state index contributed by atoms with van der Waals surface area (Å²) in [5, 5.41) is 2.37. The van der Waals surface area contributed by atoms with Gasteiger partial charge in [0.1, 0.15) is 0 Å². The van der Waals surface area contributed by atoms with Crippen molar-refractivity contribution in [2.45, 2.75) is 32.6 Å². The molecule has 0 spiro atoms. The topological polar surface area (TPSA) is 18.5 Å². The van der Waals surface area contributed by atoms with Crippen LogP contribution < -0.4 is 9.47 Å². The fourth-order valence-electron chi connectivity index (χ4n) is 2.20. The van der Waals surface area contributed by atoms with Crippen molar-refractivity contribution < 1.29 is 9.47 Å². The van der Waals surface area contributed by atoms with Gasteiger partial charge >= 0.3 is 0 Å². The molecular weight excluding hydrogens is 236 g/mol. The first kappa shape index (κ1) is 13.7. The number of rotatable bonds is 4. The third-order valence-corrected chi connectivity index (χ3v) is 4.01. The molecule has 2 aromatic carbocycles. The zero-order valence-electron chi connectivity index (χ0n) is 12.4. The zero-order valence-corrected chi connectivity index (χ0v) is 12.4. The third-order valence-electron chi connectivity index (χ3n) is 4.01. The summed E-state index contributed by atoms with van der Waals surface area (Å²) in [6, 6.07) is 10.7. The van der Waals surface area contributed by atoms with Gasteiger partial charge in [-0.1, -0.05) is 39.0 Å². The summed E-state index contributed by atoms with van der Waals surface area (Å²) in [6.45, 7) is 6.77. The lowest BCUT2D eigenvalue weighted by atomic mass is 9.81. The molecule has 0 aliphatic heterocycles. The van der Waals surface area contributed by atoms with E-state index in [1.54, 1.807) is 14.2 Å². The third kappa shape index (κ3) is 2.53. The summed E-state index contributed by atoms with van der Waals surface area (Å²) in [4.78, 5) is 0. The monoisotopic (exact) mass is 258 g/mol. The smallest absolute Gasteiger partial charge is 0.161 e. The number of ether oxygens (including phenoxy) is 2. The largest absolute Gasteiger partial charge is 0.493 e. The van der Waals surface area contributed by atoms with Crippen LogP contribution in [0.3, 0.4) is 0 Å². The maximum Gasteiger partial charge on any atom is 0.161 e. The van der Waals surface area contributed by atoms with E-state index in [0.717, 1.165) is 17.9 Å². The summed E-state index contributed by atoms with van der Waals surface area (Å²) in [7, 11) is 3.34. The molecule has 0 heterocycles. The van der Waals surface area contributed by atoms with Crippen LogP contribution in [0, 0.1) is 0 Å². The van der Waals surface area contributed by atoms with Crippen molar-refractivity contribution in [3.05, 3.63) is 35.9 Å². The minimum absolute atomic E-state index is 0.196. The van der Waals surface area contributed by atoms with Crippen LogP contribution in [0.2, 0.25) is 0 Å². The van der Waals surface area contributed by atoms with Gasteiger partial charge in [0.05, 0.1) is 14.2 Å². The molecule has 0 amide bonds. The average molecular weight is 258 g/mol. The van der Waals surface area contributed by atoms with E-state index >= 15 is 0 Å². The fraction of sp³-hybridized carbons (Fsp3) is 0.412. The van der Waals surface area contributed by atoms with E-state index in [1.807, 2.05) is 12.1 Å². The van der Waals surface area contributed by atoms with Crippen molar-refractivity contribution >= 4 is 10.8 Å². The highest BCUT2D eigenvalue weighted by atomic mass is 16.5. The summed E-state index contributed by atoms with van der Waals surface area (Å²) in [5.41, 5.74) is 1.55. The van der Waals surface area contributed by atoms with Crippen molar-refractivity contribution in [1.82, 2.24) is 0 Å². The Labute approximate surface area is 115 Å². The standard InChI is InChI=1S/C17H22O2/c1-6-17(2,3)14-8-7-12-10-15(18-4)16(19-5)11-13(12)9-14/h7-11H,6H2,1-5H3. The molecule has 2 nitrogen and oxygen atoms in total. The second-order valence-electron chi connectivity index (χ2n) is 5.51. The zero-order chi connectivity index (χ0) is 14.0. The van der Waals surface area contributed by atoms with Crippen molar-refractivity contribution in [3.8, 4) is 11.5 Å². The molecular formula is C17H22O2. The molecule has 0 unspecified atom stereocenters. The number of methoxy groups -OCH3 is 2. The fourth-order valence-corrected chi connectivity index (χ4v) is 2.20. The molecule has 2 heteroatoms. The van der Waals surface area contributed by atoms with Gasteiger partial charge in [-0.3, -0.25) is 0 Å². The Morgan fingerprint density at radius 2 is 1.47 bits per heavy atom. The average Bonchev–Trinajstić information content (AvgIpc) is 2.44. The minimum Gasteiger partial charge on any atom is -0.493 e. The second kappa shape index (κ2) is 5.12. The molecule has 19 heavy (non-hydrogen) atoms. The van der Waals surface area contributed by atoms with Crippen LogP contribution in [0.25, 0.3) is 10.8 Å². The van der Waals surface area contributed by atoms with Crippen LogP contribution in [0.4, 0.5) is 0 Å². The van der Waals surface area contributed by atoms with Crippen molar-refractivity contribution in [2.24, 2.45) is 0 Å². The van der Waals surface area contributed by atoms with Gasteiger partial charge in [-0.2, -0.15) is 0 Å². The molecule has 0 saturated carbocycles. The van der Waals surface area contributed by atoms with E-state index in [9.17, 15) is 0 Å². The van der Waals surface area contributed by atoms with Gasteiger partial charge in [-0.05, 0) is 40.3 Å². The number of benzene rings is 2. The first-order valence-corrected chi connectivity index (χ1v) is 6.68. The maximum atomic E-state index is 5.37. The van der Waals surface area contributed by atoms with Crippen LogP contribution in [0.15, 0.2) is 30.3 Å². The summed E-state index contributed by atoms with van der Waals surface area (Å²) < 4.78 is 10.7. The summed E-state index contributed by atoms with van der Waals surface area (Å²) >= 11 is 0. The molecule has 0 radical (unpaired) electrons. The molecule has 0 atom stereocenters. The molecule has 0 aliphatic rings. The Morgan fingerprint density at radius 1 is 0.895 bits per heavy atom. The van der Waals surface area contributed by atoms with Crippen LogP contribution >= 0.6 is 0 Å².